The van der Waals surface area contributed by atoms with Crippen molar-refractivity contribution in [1.82, 2.24) is 9.80 Å². The summed E-state index contributed by atoms with van der Waals surface area (Å²) in [5.41, 5.74) is 3.30. The molecule has 0 unspecified atom stereocenters. The molecule has 0 aliphatic carbocycles. The lowest BCUT2D eigenvalue weighted by molar-refractivity contribution is -0.140. The quantitative estimate of drug-likeness (QED) is 0.235. The summed E-state index contributed by atoms with van der Waals surface area (Å²) < 4.78 is 11.3. The van der Waals surface area contributed by atoms with Crippen LogP contribution in [0.5, 0.6) is 11.5 Å². The van der Waals surface area contributed by atoms with Crippen LogP contribution in [0.3, 0.4) is 0 Å². The Labute approximate surface area is 234 Å². The van der Waals surface area contributed by atoms with Crippen molar-refractivity contribution in [2.75, 3.05) is 39.4 Å². The number of ether oxygens (including phenoxy) is 2. The van der Waals surface area contributed by atoms with Gasteiger partial charge in [-0.25, -0.2) is 0 Å². The van der Waals surface area contributed by atoms with E-state index in [4.69, 9.17) is 9.47 Å². The molecule has 3 aromatic carbocycles. The molecule has 0 radical (unpaired) electrons. The van der Waals surface area contributed by atoms with E-state index in [0.717, 1.165) is 30.8 Å². The van der Waals surface area contributed by atoms with Crippen LogP contribution in [0, 0.1) is 6.92 Å². The molecule has 0 spiro atoms. The molecule has 0 bridgehead atoms. The Balaban J connectivity index is 1.38. The molecule has 2 fully saturated rings. The summed E-state index contributed by atoms with van der Waals surface area (Å²) in [6, 6.07) is 20.5. The Bertz CT molecular complexity index is 1380. The van der Waals surface area contributed by atoms with Crippen molar-refractivity contribution in [2.24, 2.45) is 0 Å². The number of ketones is 1. The zero-order valence-corrected chi connectivity index (χ0v) is 22.6. The first kappa shape index (κ1) is 27.4. The number of aryl methyl sites for hydroxylation is 1. The zero-order valence-electron chi connectivity index (χ0n) is 22.6. The zero-order chi connectivity index (χ0) is 28.1. The Morgan fingerprint density at radius 3 is 2.40 bits per heavy atom. The fraction of sp³-hybridized carbons (Fsp3) is 0.312. The fourth-order valence-electron chi connectivity index (χ4n) is 5.24. The molecule has 8 heteroatoms. The summed E-state index contributed by atoms with van der Waals surface area (Å²) in [5.74, 6) is -0.898. The van der Waals surface area contributed by atoms with E-state index in [1.165, 1.54) is 17.0 Å². The van der Waals surface area contributed by atoms with Crippen LogP contribution in [0.1, 0.15) is 34.7 Å². The lowest BCUT2D eigenvalue weighted by atomic mass is 9.95. The van der Waals surface area contributed by atoms with Gasteiger partial charge in [-0.3, -0.25) is 14.5 Å². The number of hydrogen-bond donors (Lipinski definition) is 2. The fourth-order valence-corrected chi connectivity index (χ4v) is 5.24. The monoisotopic (exact) mass is 542 g/mol. The third kappa shape index (κ3) is 6.19. The summed E-state index contributed by atoms with van der Waals surface area (Å²) in [6.07, 6.45) is 0.675. The van der Waals surface area contributed by atoms with E-state index in [1.807, 2.05) is 25.1 Å². The number of rotatable bonds is 9. The van der Waals surface area contributed by atoms with Gasteiger partial charge in [0.15, 0.2) is 0 Å². The number of morpholine rings is 1. The van der Waals surface area contributed by atoms with Crippen LogP contribution in [0.25, 0.3) is 5.76 Å². The molecule has 208 valence electrons. The highest BCUT2D eigenvalue weighted by Gasteiger charge is 2.45. The third-order valence-corrected chi connectivity index (χ3v) is 7.34. The van der Waals surface area contributed by atoms with Gasteiger partial charge in [-0.1, -0.05) is 42.0 Å². The number of benzene rings is 3. The minimum atomic E-state index is -0.762. The minimum Gasteiger partial charge on any atom is -0.508 e. The Morgan fingerprint density at radius 2 is 1.70 bits per heavy atom. The molecule has 2 N–H and O–H groups in total. The van der Waals surface area contributed by atoms with E-state index >= 15 is 0 Å². The standard InChI is InChI=1S/C32H34N2O6/c1-22-4-2-5-23(20-22)21-40-27-12-8-25(9-13-27)30(36)28-29(24-6-10-26(35)11-7-24)34(32(38)31(28)37)15-3-14-33-16-18-39-19-17-33/h2,4-13,20,29,35-36H,3,14-19,21H2,1H3/b30-28+/t29-/m0/s1. The van der Waals surface area contributed by atoms with E-state index in [0.29, 0.717) is 49.7 Å². The van der Waals surface area contributed by atoms with Gasteiger partial charge in [0.05, 0.1) is 24.8 Å². The Hall–Kier alpha value is -4.14. The SMILES string of the molecule is Cc1cccc(COc2ccc(/C(O)=C3\C(=O)C(=O)N(CCCN4CCOCC4)[C@H]3c3ccc(O)cc3)cc2)c1. The van der Waals surface area contributed by atoms with Crippen LogP contribution in [0.4, 0.5) is 0 Å². The summed E-state index contributed by atoms with van der Waals surface area (Å²) in [4.78, 5) is 30.3. The van der Waals surface area contributed by atoms with Gasteiger partial charge in [0.25, 0.3) is 11.7 Å². The second kappa shape index (κ2) is 12.4. The van der Waals surface area contributed by atoms with Crippen molar-refractivity contribution in [3.63, 3.8) is 0 Å². The van der Waals surface area contributed by atoms with E-state index in [-0.39, 0.29) is 17.1 Å². The van der Waals surface area contributed by atoms with Gasteiger partial charge in [0, 0.05) is 31.7 Å². The summed E-state index contributed by atoms with van der Waals surface area (Å²) in [6.45, 7) is 6.62. The highest BCUT2D eigenvalue weighted by molar-refractivity contribution is 6.46. The Morgan fingerprint density at radius 1 is 0.975 bits per heavy atom. The summed E-state index contributed by atoms with van der Waals surface area (Å²) in [7, 11) is 0. The van der Waals surface area contributed by atoms with Gasteiger partial charge in [0.2, 0.25) is 0 Å². The number of likely N-dealkylation sites (tertiary alicyclic amines) is 1. The van der Waals surface area contributed by atoms with Crippen molar-refractivity contribution in [1.29, 1.82) is 0 Å². The molecule has 2 aliphatic rings. The second-order valence-electron chi connectivity index (χ2n) is 10.2. The Kier molecular flexibility index (Phi) is 8.48. The molecule has 0 saturated carbocycles. The van der Waals surface area contributed by atoms with Crippen LogP contribution in [0.2, 0.25) is 0 Å². The molecular weight excluding hydrogens is 508 g/mol. The number of Topliss-reactive ketones (excluding diaryl/α,β-unsaturated/α-hetero) is 1. The van der Waals surface area contributed by atoms with Gasteiger partial charge >= 0.3 is 0 Å². The van der Waals surface area contributed by atoms with Gasteiger partial charge in [-0.15, -0.1) is 0 Å². The van der Waals surface area contributed by atoms with E-state index in [2.05, 4.69) is 11.0 Å². The number of phenolic OH excluding ortho intramolecular Hbond substituents is 1. The van der Waals surface area contributed by atoms with Crippen molar-refractivity contribution >= 4 is 17.4 Å². The number of carbonyl (C=O) groups excluding carboxylic acids is 2. The molecule has 2 heterocycles. The van der Waals surface area contributed by atoms with Crippen LogP contribution >= 0.6 is 0 Å². The summed E-state index contributed by atoms with van der Waals surface area (Å²) in [5, 5.41) is 21.2. The average molecular weight is 543 g/mol. The molecule has 5 rings (SSSR count). The highest BCUT2D eigenvalue weighted by Crippen LogP contribution is 2.40. The molecule has 3 aromatic rings. The number of nitrogens with zero attached hydrogens (tertiary/aromatic N) is 2. The molecular formula is C32H34N2O6. The first-order valence-corrected chi connectivity index (χ1v) is 13.6. The largest absolute Gasteiger partial charge is 0.508 e. The normalized spacial score (nSPS) is 19.2. The maximum atomic E-state index is 13.3. The topological polar surface area (TPSA) is 99.5 Å². The van der Waals surface area contributed by atoms with E-state index in [1.54, 1.807) is 36.4 Å². The van der Waals surface area contributed by atoms with Crippen molar-refractivity contribution in [2.45, 2.75) is 26.0 Å². The molecule has 0 aromatic heterocycles. The molecule has 2 aliphatic heterocycles. The molecule has 1 atom stereocenters. The maximum absolute atomic E-state index is 13.3. The lowest BCUT2D eigenvalue weighted by Gasteiger charge is -2.29. The van der Waals surface area contributed by atoms with Crippen molar-refractivity contribution < 1.29 is 29.3 Å². The van der Waals surface area contributed by atoms with Crippen LogP contribution < -0.4 is 4.74 Å². The third-order valence-electron chi connectivity index (χ3n) is 7.34. The number of aliphatic hydroxyl groups is 1. The number of aliphatic hydroxyl groups excluding tert-OH is 1. The molecule has 40 heavy (non-hydrogen) atoms. The number of aromatic hydroxyl groups is 1. The number of phenols is 1. The average Bonchev–Trinajstić information content (AvgIpc) is 3.22. The van der Waals surface area contributed by atoms with E-state index in [9.17, 15) is 19.8 Å². The molecule has 2 saturated heterocycles. The summed E-state index contributed by atoms with van der Waals surface area (Å²) >= 11 is 0. The van der Waals surface area contributed by atoms with Gasteiger partial charge in [-0.05, 0) is 60.9 Å². The van der Waals surface area contributed by atoms with Crippen LogP contribution in [-0.4, -0.2) is 71.1 Å². The first-order chi connectivity index (χ1) is 19.4. The minimum absolute atomic E-state index is 0.0375. The smallest absolute Gasteiger partial charge is 0.295 e. The van der Waals surface area contributed by atoms with Crippen molar-refractivity contribution in [3.05, 3.63) is 101 Å². The van der Waals surface area contributed by atoms with Gasteiger partial charge in [0.1, 0.15) is 23.9 Å². The number of amides is 1. The van der Waals surface area contributed by atoms with Crippen LogP contribution in [0.15, 0.2) is 78.4 Å². The molecule has 1 amide bonds. The van der Waals surface area contributed by atoms with E-state index < -0.39 is 17.7 Å². The second-order valence-corrected chi connectivity index (χ2v) is 10.2. The van der Waals surface area contributed by atoms with Crippen molar-refractivity contribution in [3.8, 4) is 11.5 Å². The molecule has 8 nitrogen and oxygen atoms in total. The van der Waals surface area contributed by atoms with Gasteiger partial charge in [-0.2, -0.15) is 0 Å². The van der Waals surface area contributed by atoms with Crippen LogP contribution in [-0.2, 0) is 20.9 Å². The predicted molar refractivity (Wildman–Crippen MR) is 151 cm³/mol. The first-order valence-electron chi connectivity index (χ1n) is 13.6. The number of hydrogen-bond acceptors (Lipinski definition) is 7. The highest BCUT2D eigenvalue weighted by atomic mass is 16.5. The number of carbonyl (C=O) groups is 2. The lowest BCUT2D eigenvalue weighted by Crippen LogP contribution is -2.38. The predicted octanol–water partition coefficient (Wildman–Crippen LogP) is 4.42. The van der Waals surface area contributed by atoms with Gasteiger partial charge < -0.3 is 24.6 Å². The maximum Gasteiger partial charge on any atom is 0.295 e.